The van der Waals surface area contributed by atoms with Crippen molar-refractivity contribution >= 4 is 34.2 Å². The number of anilines is 1. The fourth-order valence-corrected chi connectivity index (χ4v) is 3.51. The Morgan fingerprint density at radius 1 is 1.25 bits per heavy atom. The lowest BCUT2D eigenvalue weighted by molar-refractivity contribution is -0.274. The molecule has 0 saturated heterocycles. The predicted octanol–water partition coefficient (Wildman–Crippen LogP) is 4.30. The van der Waals surface area contributed by atoms with E-state index >= 15 is 0 Å². The van der Waals surface area contributed by atoms with Gasteiger partial charge in [-0.25, -0.2) is 9.97 Å². The Labute approximate surface area is 187 Å². The third kappa shape index (κ3) is 5.57. The summed E-state index contributed by atoms with van der Waals surface area (Å²) in [5.41, 5.74) is 6.77. The first kappa shape index (κ1) is 23.6. The molecule has 3 rings (SSSR count). The lowest BCUT2D eigenvalue weighted by atomic mass is 10.0. The van der Waals surface area contributed by atoms with Crippen molar-refractivity contribution in [1.29, 1.82) is 0 Å². The minimum absolute atomic E-state index is 0.176. The zero-order valence-electron chi connectivity index (χ0n) is 17.5. The third-order valence-electron chi connectivity index (χ3n) is 4.55. The number of rotatable bonds is 7. The molecule has 0 spiro atoms. The topological polar surface area (TPSA) is 93.4 Å². The number of alkyl halides is 3. The molecule has 1 unspecified atom stereocenters. The number of aromatic nitrogens is 2. The van der Waals surface area contributed by atoms with E-state index in [0.717, 1.165) is 0 Å². The zero-order valence-corrected chi connectivity index (χ0v) is 18.3. The lowest BCUT2D eigenvalue weighted by Gasteiger charge is -2.25. The van der Waals surface area contributed by atoms with Crippen LogP contribution in [0.1, 0.15) is 27.8 Å². The zero-order chi connectivity index (χ0) is 23.6. The van der Waals surface area contributed by atoms with Gasteiger partial charge in [0.05, 0.1) is 22.1 Å². The molecule has 3 N–H and O–H groups in total. The molecule has 1 atom stereocenters. The van der Waals surface area contributed by atoms with Crippen LogP contribution < -0.4 is 15.8 Å². The van der Waals surface area contributed by atoms with Crippen molar-refractivity contribution in [1.82, 2.24) is 14.9 Å². The Morgan fingerprint density at radius 2 is 1.97 bits per heavy atom. The molecule has 170 valence electrons. The van der Waals surface area contributed by atoms with Crippen molar-refractivity contribution in [3.8, 4) is 5.75 Å². The molecule has 0 aliphatic heterocycles. The van der Waals surface area contributed by atoms with E-state index in [4.69, 9.17) is 17.3 Å². The van der Waals surface area contributed by atoms with Gasteiger partial charge in [-0.1, -0.05) is 23.7 Å². The molecule has 0 bridgehead atoms. The first-order chi connectivity index (χ1) is 14.9. The maximum Gasteiger partial charge on any atom is 0.573 e. The molecular weight excluding hydrogens is 447 g/mol. The fourth-order valence-electron chi connectivity index (χ4n) is 3.28. The van der Waals surface area contributed by atoms with Gasteiger partial charge in [-0.05, 0) is 50.8 Å². The maximum absolute atomic E-state index is 12.6. The summed E-state index contributed by atoms with van der Waals surface area (Å²) >= 11 is 6.05. The largest absolute Gasteiger partial charge is 0.573 e. The quantitative estimate of drug-likeness (QED) is 0.538. The molecule has 0 aliphatic carbocycles. The SMILES string of the molecule is Cc1nc(NC(CN(C)C)c2ccc(OC(F)(F)F)c(Cl)c2)c2cccc(C(N)=O)c2n1. The summed E-state index contributed by atoms with van der Waals surface area (Å²) in [5, 5.41) is 3.71. The summed E-state index contributed by atoms with van der Waals surface area (Å²) < 4.78 is 41.7. The van der Waals surface area contributed by atoms with Crippen LogP contribution in [-0.4, -0.2) is 47.8 Å². The van der Waals surface area contributed by atoms with Gasteiger partial charge < -0.3 is 20.7 Å². The summed E-state index contributed by atoms with van der Waals surface area (Å²) in [7, 11) is 3.71. The second-order valence-corrected chi connectivity index (χ2v) is 7.79. The number of hydrogen-bond donors (Lipinski definition) is 2. The van der Waals surface area contributed by atoms with Gasteiger partial charge in [-0.2, -0.15) is 0 Å². The number of likely N-dealkylation sites (N-methyl/N-ethyl adjacent to an activating group) is 1. The van der Waals surface area contributed by atoms with Crippen LogP contribution in [0.25, 0.3) is 10.9 Å². The van der Waals surface area contributed by atoms with E-state index in [1.807, 2.05) is 19.0 Å². The number of halogens is 4. The molecule has 0 saturated carbocycles. The van der Waals surface area contributed by atoms with E-state index in [0.29, 0.717) is 34.7 Å². The van der Waals surface area contributed by atoms with Crippen LogP contribution in [0.3, 0.4) is 0 Å². The number of para-hydroxylation sites is 1. The number of fused-ring (bicyclic) bond motifs is 1. The van der Waals surface area contributed by atoms with E-state index in [-0.39, 0.29) is 10.6 Å². The van der Waals surface area contributed by atoms with Gasteiger partial charge in [0.2, 0.25) is 0 Å². The van der Waals surface area contributed by atoms with Crippen LogP contribution in [0.4, 0.5) is 19.0 Å². The van der Waals surface area contributed by atoms with Gasteiger partial charge in [0, 0.05) is 11.9 Å². The van der Waals surface area contributed by atoms with Crippen molar-refractivity contribution in [2.45, 2.75) is 19.3 Å². The first-order valence-electron chi connectivity index (χ1n) is 9.48. The number of nitrogens with zero attached hydrogens (tertiary/aromatic N) is 3. The minimum Gasteiger partial charge on any atom is -0.404 e. The molecule has 1 heterocycles. The van der Waals surface area contributed by atoms with Crippen molar-refractivity contribution in [3.63, 3.8) is 0 Å². The van der Waals surface area contributed by atoms with Crippen LogP contribution in [0.2, 0.25) is 5.02 Å². The highest BCUT2D eigenvalue weighted by Gasteiger charge is 2.32. The second-order valence-electron chi connectivity index (χ2n) is 7.38. The summed E-state index contributed by atoms with van der Waals surface area (Å²) in [6.45, 7) is 2.15. The highest BCUT2D eigenvalue weighted by atomic mass is 35.5. The molecule has 32 heavy (non-hydrogen) atoms. The molecule has 0 aliphatic rings. The number of ether oxygens (including phenoxy) is 1. The van der Waals surface area contributed by atoms with Crippen molar-refractivity contribution in [2.24, 2.45) is 5.73 Å². The number of carbonyl (C=O) groups is 1. The Hall–Kier alpha value is -3.11. The number of nitrogens with one attached hydrogen (secondary N) is 1. The van der Waals surface area contributed by atoms with Gasteiger partial charge in [-0.3, -0.25) is 4.79 Å². The van der Waals surface area contributed by atoms with Crippen LogP contribution >= 0.6 is 11.6 Å². The van der Waals surface area contributed by atoms with Gasteiger partial charge in [-0.15, -0.1) is 13.2 Å². The highest BCUT2D eigenvalue weighted by molar-refractivity contribution is 6.32. The molecule has 2 aromatic carbocycles. The Morgan fingerprint density at radius 3 is 2.56 bits per heavy atom. The van der Waals surface area contributed by atoms with Gasteiger partial charge in [0.25, 0.3) is 5.91 Å². The van der Waals surface area contributed by atoms with Gasteiger partial charge in [0.1, 0.15) is 17.4 Å². The normalized spacial score (nSPS) is 12.8. The molecule has 7 nitrogen and oxygen atoms in total. The fraction of sp³-hybridized carbons (Fsp3) is 0.286. The second kappa shape index (κ2) is 9.17. The standard InChI is InChI=1S/C21H21ClF3N5O2/c1-11-27-18-13(19(26)31)5-4-6-14(18)20(28-11)29-16(10-30(2)3)12-7-8-17(15(22)9-12)32-21(23,24)25/h4-9,16H,10H2,1-3H3,(H2,26,31)(H,27,28,29). The number of benzene rings is 2. The molecule has 11 heteroatoms. The average molecular weight is 468 g/mol. The molecular formula is C21H21ClF3N5O2. The van der Waals surface area contributed by atoms with Crippen molar-refractivity contribution in [3.05, 3.63) is 58.4 Å². The number of nitrogens with two attached hydrogens (primary N) is 1. The van der Waals surface area contributed by atoms with Crippen molar-refractivity contribution in [2.75, 3.05) is 26.0 Å². The Balaban J connectivity index is 2.04. The van der Waals surface area contributed by atoms with Crippen LogP contribution in [0.5, 0.6) is 5.75 Å². The minimum atomic E-state index is -4.85. The number of amides is 1. The lowest BCUT2D eigenvalue weighted by Crippen LogP contribution is -2.26. The smallest absolute Gasteiger partial charge is 0.404 e. The Bertz CT molecular complexity index is 1150. The van der Waals surface area contributed by atoms with Crippen LogP contribution in [0, 0.1) is 6.92 Å². The predicted molar refractivity (Wildman–Crippen MR) is 116 cm³/mol. The molecule has 1 aromatic heterocycles. The van der Waals surface area contributed by atoms with Gasteiger partial charge in [0.15, 0.2) is 0 Å². The Kier molecular flexibility index (Phi) is 6.75. The van der Waals surface area contributed by atoms with E-state index in [1.54, 1.807) is 25.1 Å². The molecule has 1 amide bonds. The summed E-state index contributed by atoms with van der Waals surface area (Å²) in [6.07, 6.45) is -4.85. The van der Waals surface area contributed by atoms with Gasteiger partial charge >= 0.3 is 6.36 Å². The number of carbonyl (C=O) groups excluding carboxylic acids is 1. The number of aryl methyl sites for hydroxylation is 1. The maximum atomic E-state index is 12.6. The van der Waals surface area contributed by atoms with Crippen LogP contribution in [0.15, 0.2) is 36.4 Å². The van der Waals surface area contributed by atoms with Crippen LogP contribution in [-0.2, 0) is 0 Å². The summed E-state index contributed by atoms with van der Waals surface area (Å²) in [6, 6.07) is 8.68. The monoisotopic (exact) mass is 467 g/mol. The number of primary amides is 1. The summed E-state index contributed by atoms with van der Waals surface area (Å²) in [5.74, 6) is -0.226. The first-order valence-corrected chi connectivity index (χ1v) is 9.86. The molecule has 0 radical (unpaired) electrons. The highest BCUT2D eigenvalue weighted by Crippen LogP contribution is 2.34. The van der Waals surface area contributed by atoms with E-state index < -0.39 is 24.1 Å². The number of hydrogen-bond acceptors (Lipinski definition) is 6. The van der Waals surface area contributed by atoms with E-state index in [1.165, 1.54) is 18.2 Å². The summed E-state index contributed by atoms with van der Waals surface area (Å²) in [4.78, 5) is 22.5. The van der Waals surface area contributed by atoms with E-state index in [9.17, 15) is 18.0 Å². The molecule has 0 fully saturated rings. The van der Waals surface area contributed by atoms with Crippen molar-refractivity contribution < 1.29 is 22.7 Å². The van der Waals surface area contributed by atoms with E-state index in [2.05, 4.69) is 20.0 Å². The third-order valence-corrected chi connectivity index (χ3v) is 4.84. The average Bonchev–Trinajstić information content (AvgIpc) is 2.67. The molecule has 3 aromatic rings.